The number of nitrogens with two attached hydrogens (primary N) is 1. The molecule has 21 heavy (non-hydrogen) atoms. The number of hydrogen-bond acceptors (Lipinski definition) is 3. The Hall–Kier alpha value is -0.770. The highest BCUT2D eigenvalue weighted by Gasteiger charge is 2.42. The van der Waals surface area contributed by atoms with Crippen LogP contribution < -0.4 is 10.5 Å². The van der Waals surface area contributed by atoms with Crippen LogP contribution in [0.4, 0.5) is 0 Å². The van der Waals surface area contributed by atoms with Gasteiger partial charge in [-0.25, -0.2) is 0 Å². The van der Waals surface area contributed by atoms with Gasteiger partial charge in [0, 0.05) is 42.7 Å². The van der Waals surface area contributed by atoms with Crippen molar-refractivity contribution in [2.24, 2.45) is 11.7 Å². The number of halogens is 1. The van der Waals surface area contributed by atoms with Crippen molar-refractivity contribution in [3.8, 4) is 5.75 Å². The van der Waals surface area contributed by atoms with E-state index in [1.54, 1.807) is 0 Å². The van der Waals surface area contributed by atoms with Crippen molar-refractivity contribution < 1.29 is 4.74 Å². The molecule has 1 aromatic rings. The molecular formula is C17H25ClN2O. The molecule has 4 heteroatoms. The average Bonchev–Trinajstić information content (AvgIpc) is 2.42. The Bertz CT molecular complexity index is 510. The van der Waals surface area contributed by atoms with Crippen molar-refractivity contribution in [3.63, 3.8) is 0 Å². The summed E-state index contributed by atoms with van der Waals surface area (Å²) < 4.78 is 6.37. The van der Waals surface area contributed by atoms with Crippen LogP contribution in [0.25, 0.3) is 0 Å². The molecule has 2 aliphatic rings. The molecule has 0 saturated carbocycles. The lowest BCUT2D eigenvalue weighted by molar-refractivity contribution is -0.0236. The maximum Gasteiger partial charge on any atom is 0.125 e. The van der Waals surface area contributed by atoms with E-state index in [1.807, 2.05) is 18.2 Å². The third kappa shape index (κ3) is 3.20. The Morgan fingerprint density at radius 1 is 1.38 bits per heavy atom. The fourth-order valence-electron chi connectivity index (χ4n) is 3.65. The molecule has 1 saturated heterocycles. The minimum Gasteiger partial charge on any atom is -0.487 e. The van der Waals surface area contributed by atoms with E-state index in [0.717, 1.165) is 54.6 Å². The number of ether oxygens (including phenoxy) is 1. The number of rotatable bonds is 2. The molecule has 1 aromatic carbocycles. The lowest BCUT2D eigenvalue weighted by atomic mass is 9.81. The van der Waals surface area contributed by atoms with Crippen LogP contribution >= 0.6 is 11.6 Å². The fourth-order valence-corrected chi connectivity index (χ4v) is 3.83. The van der Waals surface area contributed by atoms with Gasteiger partial charge >= 0.3 is 0 Å². The molecule has 1 unspecified atom stereocenters. The van der Waals surface area contributed by atoms with E-state index in [4.69, 9.17) is 22.1 Å². The summed E-state index contributed by atoms with van der Waals surface area (Å²) >= 11 is 6.07. The van der Waals surface area contributed by atoms with Crippen LogP contribution in [-0.2, 0) is 0 Å². The molecule has 116 valence electrons. The number of benzene rings is 1. The standard InChI is InChI=1S/C17H25ClN2O/c1-12(2)11-20-7-5-17(6-8-20)10-15(19)14-9-13(18)3-4-16(14)21-17/h3-4,9,12,15H,5-8,10-11,19H2,1-2H3. The van der Waals surface area contributed by atoms with Crippen LogP contribution in [0.1, 0.15) is 44.7 Å². The normalized spacial score (nSPS) is 24.9. The van der Waals surface area contributed by atoms with E-state index in [1.165, 1.54) is 6.54 Å². The number of piperidine rings is 1. The van der Waals surface area contributed by atoms with E-state index < -0.39 is 0 Å². The van der Waals surface area contributed by atoms with Gasteiger partial charge in [-0.05, 0) is 37.0 Å². The maximum atomic E-state index is 6.38. The molecule has 2 heterocycles. The van der Waals surface area contributed by atoms with Crippen LogP contribution in [0.15, 0.2) is 18.2 Å². The van der Waals surface area contributed by atoms with Gasteiger partial charge in [-0.2, -0.15) is 0 Å². The summed E-state index contributed by atoms with van der Waals surface area (Å²) in [6.45, 7) is 7.94. The second kappa shape index (κ2) is 5.79. The van der Waals surface area contributed by atoms with Gasteiger partial charge in [-0.15, -0.1) is 0 Å². The number of nitrogens with zero attached hydrogens (tertiary/aromatic N) is 1. The second-order valence-corrected chi connectivity index (χ2v) is 7.41. The molecule has 2 aliphatic heterocycles. The lowest BCUT2D eigenvalue weighted by Crippen LogP contribution is -2.51. The van der Waals surface area contributed by atoms with Crippen LogP contribution in [0.2, 0.25) is 5.02 Å². The molecule has 3 rings (SSSR count). The maximum absolute atomic E-state index is 6.38. The third-order valence-electron chi connectivity index (χ3n) is 4.68. The van der Waals surface area contributed by atoms with Gasteiger partial charge in [0.25, 0.3) is 0 Å². The fraction of sp³-hybridized carbons (Fsp3) is 0.647. The Kier molecular flexibility index (Phi) is 4.17. The van der Waals surface area contributed by atoms with Gasteiger partial charge in [0.1, 0.15) is 11.4 Å². The van der Waals surface area contributed by atoms with Crippen molar-refractivity contribution in [1.29, 1.82) is 0 Å². The Balaban J connectivity index is 1.73. The van der Waals surface area contributed by atoms with Crippen molar-refractivity contribution in [3.05, 3.63) is 28.8 Å². The van der Waals surface area contributed by atoms with E-state index in [-0.39, 0.29) is 11.6 Å². The molecule has 0 bridgehead atoms. The predicted octanol–water partition coefficient (Wildman–Crippen LogP) is 3.61. The molecule has 0 amide bonds. The first kappa shape index (κ1) is 15.1. The summed E-state index contributed by atoms with van der Waals surface area (Å²) in [6.07, 6.45) is 3.03. The average molecular weight is 309 g/mol. The molecule has 1 fully saturated rings. The summed E-state index contributed by atoms with van der Waals surface area (Å²) in [6, 6.07) is 5.84. The van der Waals surface area contributed by atoms with Gasteiger partial charge in [-0.3, -0.25) is 0 Å². The highest BCUT2D eigenvalue weighted by molar-refractivity contribution is 6.30. The molecule has 2 N–H and O–H groups in total. The molecule has 0 radical (unpaired) electrons. The zero-order chi connectivity index (χ0) is 15.0. The highest BCUT2D eigenvalue weighted by atomic mass is 35.5. The zero-order valence-electron chi connectivity index (χ0n) is 12.9. The smallest absolute Gasteiger partial charge is 0.125 e. The first-order valence-corrected chi connectivity index (χ1v) is 8.32. The highest BCUT2D eigenvalue weighted by Crippen LogP contribution is 2.44. The molecule has 3 nitrogen and oxygen atoms in total. The minimum absolute atomic E-state index is 0.0316. The van der Waals surface area contributed by atoms with Gasteiger partial charge in [0.05, 0.1) is 0 Å². The Morgan fingerprint density at radius 3 is 2.76 bits per heavy atom. The van der Waals surface area contributed by atoms with Crippen LogP contribution in [-0.4, -0.2) is 30.1 Å². The summed E-state index contributed by atoms with van der Waals surface area (Å²) in [5, 5.41) is 0.732. The second-order valence-electron chi connectivity index (χ2n) is 6.97. The van der Waals surface area contributed by atoms with Crippen LogP contribution in [0.3, 0.4) is 0 Å². The summed E-state index contributed by atoms with van der Waals surface area (Å²) in [5.41, 5.74) is 7.36. The number of hydrogen-bond donors (Lipinski definition) is 1. The van der Waals surface area contributed by atoms with Gasteiger partial charge in [0.2, 0.25) is 0 Å². The number of likely N-dealkylation sites (tertiary alicyclic amines) is 1. The van der Waals surface area contributed by atoms with Crippen molar-refractivity contribution in [2.75, 3.05) is 19.6 Å². The Labute approximate surface area is 132 Å². The molecule has 0 aliphatic carbocycles. The largest absolute Gasteiger partial charge is 0.487 e. The van der Waals surface area contributed by atoms with E-state index in [0.29, 0.717) is 0 Å². The van der Waals surface area contributed by atoms with E-state index in [2.05, 4.69) is 18.7 Å². The summed E-state index contributed by atoms with van der Waals surface area (Å²) in [7, 11) is 0. The summed E-state index contributed by atoms with van der Waals surface area (Å²) in [5.74, 6) is 1.65. The van der Waals surface area contributed by atoms with Gasteiger partial charge in [-0.1, -0.05) is 25.4 Å². The Morgan fingerprint density at radius 2 is 2.10 bits per heavy atom. The van der Waals surface area contributed by atoms with Crippen molar-refractivity contribution >= 4 is 11.6 Å². The first-order chi connectivity index (χ1) is 9.97. The number of fused-ring (bicyclic) bond motifs is 1. The van der Waals surface area contributed by atoms with Crippen LogP contribution in [0.5, 0.6) is 5.75 Å². The molecule has 1 spiro atoms. The molecule has 1 atom stereocenters. The lowest BCUT2D eigenvalue weighted by Gasteiger charge is -2.46. The quantitative estimate of drug-likeness (QED) is 0.907. The monoisotopic (exact) mass is 308 g/mol. The minimum atomic E-state index is -0.0757. The first-order valence-electron chi connectivity index (χ1n) is 7.94. The van der Waals surface area contributed by atoms with Crippen molar-refractivity contribution in [1.82, 2.24) is 4.90 Å². The molecular weight excluding hydrogens is 284 g/mol. The third-order valence-corrected chi connectivity index (χ3v) is 4.92. The van der Waals surface area contributed by atoms with Crippen molar-refractivity contribution in [2.45, 2.75) is 44.8 Å². The zero-order valence-corrected chi connectivity index (χ0v) is 13.7. The topological polar surface area (TPSA) is 38.5 Å². The predicted molar refractivity (Wildman–Crippen MR) is 86.9 cm³/mol. The SMILES string of the molecule is CC(C)CN1CCC2(CC1)CC(N)c1cc(Cl)ccc1O2. The molecule has 0 aromatic heterocycles. The van der Waals surface area contributed by atoms with Gasteiger partial charge < -0.3 is 15.4 Å². The summed E-state index contributed by atoms with van der Waals surface area (Å²) in [4.78, 5) is 2.54. The van der Waals surface area contributed by atoms with Crippen LogP contribution in [0, 0.1) is 5.92 Å². The van der Waals surface area contributed by atoms with E-state index >= 15 is 0 Å². The van der Waals surface area contributed by atoms with E-state index in [9.17, 15) is 0 Å². The van der Waals surface area contributed by atoms with Gasteiger partial charge in [0.15, 0.2) is 0 Å².